The lowest BCUT2D eigenvalue weighted by molar-refractivity contribution is -0.136. The third-order valence-electron chi connectivity index (χ3n) is 3.12. The molecular weight excluding hydrogens is 266 g/mol. The van der Waals surface area contributed by atoms with Gasteiger partial charge in [0.15, 0.2) is 0 Å². The molecule has 1 fully saturated rings. The van der Waals surface area contributed by atoms with Gasteiger partial charge in [0, 0.05) is 13.0 Å². The molecule has 0 atom stereocenters. The summed E-state index contributed by atoms with van der Waals surface area (Å²) in [6.45, 7) is 0.503. The third kappa shape index (κ3) is 4.33. The molecule has 0 saturated heterocycles. The van der Waals surface area contributed by atoms with Crippen LogP contribution in [0.3, 0.4) is 0 Å². The standard InChI is InChI=1S/C13H17NO4S/c15-13(16)8-5-10-3-6-12(7-4-10)19(17,18)14-9-11-1-2-11/h3-4,6-7,11,14H,1-2,5,8-9H2,(H,15,16). The Morgan fingerprint density at radius 3 is 2.42 bits per heavy atom. The summed E-state index contributed by atoms with van der Waals surface area (Å²) in [5, 5.41) is 8.58. The van der Waals surface area contributed by atoms with Crippen molar-refractivity contribution in [1.29, 1.82) is 0 Å². The Kier molecular flexibility index (Phi) is 4.21. The molecule has 0 aromatic heterocycles. The average Bonchev–Trinajstić information content (AvgIpc) is 3.18. The van der Waals surface area contributed by atoms with Crippen molar-refractivity contribution in [3.63, 3.8) is 0 Å². The highest BCUT2D eigenvalue weighted by Gasteiger charge is 2.24. The number of aliphatic carboxylic acids is 1. The summed E-state index contributed by atoms with van der Waals surface area (Å²) in [6.07, 6.45) is 2.64. The summed E-state index contributed by atoms with van der Waals surface area (Å²) < 4.78 is 26.5. The van der Waals surface area contributed by atoms with Crippen molar-refractivity contribution in [2.75, 3.05) is 6.54 Å². The molecule has 1 aliphatic rings. The predicted molar refractivity (Wildman–Crippen MR) is 70.3 cm³/mol. The first-order valence-electron chi connectivity index (χ1n) is 6.28. The second-order valence-electron chi connectivity index (χ2n) is 4.83. The van der Waals surface area contributed by atoms with E-state index in [0.717, 1.165) is 18.4 Å². The molecule has 6 heteroatoms. The number of benzene rings is 1. The summed E-state index contributed by atoms with van der Waals surface area (Å²) in [5.74, 6) is -0.368. The highest BCUT2D eigenvalue weighted by atomic mass is 32.2. The quantitative estimate of drug-likeness (QED) is 0.792. The van der Waals surface area contributed by atoms with Gasteiger partial charge in [0.2, 0.25) is 10.0 Å². The maximum absolute atomic E-state index is 11.9. The minimum absolute atomic E-state index is 0.0476. The van der Waals surface area contributed by atoms with Crippen molar-refractivity contribution in [2.24, 2.45) is 5.92 Å². The van der Waals surface area contributed by atoms with E-state index in [-0.39, 0.29) is 11.3 Å². The summed E-state index contributed by atoms with van der Waals surface area (Å²) in [6, 6.07) is 6.36. The summed E-state index contributed by atoms with van der Waals surface area (Å²) in [7, 11) is -3.43. The molecule has 0 amide bonds. The van der Waals surface area contributed by atoms with E-state index in [4.69, 9.17) is 5.11 Å². The number of sulfonamides is 1. The number of carboxylic acid groups (broad SMARTS) is 1. The first kappa shape index (κ1) is 14.0. The fraction of sp³-hybridized carbons (Fsp3) is 0.462. The lowest BCUT2D eigenvalue weighted by atomic mass is 10.1. The average molecular weight is 283 g/mol. The van der Waals surface area contributed by atoms with Gasteiger partial charge in [-0.1, -0.05) is 12.1 Å². The van der Waals surface area contributed by atoms with Gasteiger partial charge < -0.3 is 5.11 Å². The zero-order valence-corrected chi connectivity index (χ0v) is 11.3. The zero-order chi connectivity index (χ0) is 13.9. The van der Waals surface area contributed by atoms with E-state index in [1.165, 1.54) is 12.1 Å². The second kappa shape index (κ2) is 5.71. The summed E-state index contributed by atoms with van der Waals surface area (Å²) >= 11 is 0. The largest absolute Gasteiger partial charge is 0.481 e. The van der Waals surface area contributed by atoms with Gasteiger partial charge in [0.05, 0.1) is 4.90 Å². The number of hydrogen-bond donors (Lipinski definition) is 2. The van der Waals surface area contributed by atoms with Crippen LogP contribution in [0.5, 0.6) is 0 Å². The van der Waals surface area contributed by atoms with E-state index in [1.807, 2.05) is 0 Å². The van der Waals surface area contributed by atoms with E-state index < -0.39 is 16.0 Å². The van der Waals surface area contributed by atoms with Crippen LogP contribution in [0.2, 0.25) is 0 Å². The smallest absolute Gasteiger partial charge is 0.303 e. The van der Waals surface area contributed by atoms with Gasteiger partial charge in [-0.3, -0.25) is 4.79 Å². The molecule has 0 radical (unpaired) electrons. The summed E-state index contributed by atoms with van der Waals surface area (Å²) in [5.41, 5.74) is 0.823. The van der Waals surface area contributed by atoms with Crippen LogP contribution in [0.1, 0.15) is 24.8 Å². The predicted octanol–water partition coefficient (Wildman–Crippen LogP) is 1.39. The first-order valence-corrected chi connectivity index (χ1v) is 7.76. The Morgan fingerprint density at radius 1 is 1.26 bits per heavy atom. The van der Waals surface area contributed by atoms with E-state index in [1.54, 1.807) is 12.1 Å². The third-order valence-corrected chi connectivity index (χ3v) is 4.56. The normalized spacial score (nSPS) is 15.4. The molecule has 19 heavy (non-hydrogen) atoms. The van der Waals surface area contributed by atoms with Crippen molar-refractivity contribution in [1.82, 2.24) is 4.72 Å². The molecule has 1 saturated carbocycles. The van der Waals surface area contributed by atoms with E-state index in [9.17, 15) is 13.2 Å². The van der Waals surface area contributed by atoms with Gasteiger partial charge in [0.25, 0.3) is 0 Å². The van der Waals surface area contributed by atoms with Crippen LogP contribution in [0.15, 0.2) is 29.2 Å². The Balaban J connectivity index is 1.97. The van der Waals surface area contributed by atoms with Crippen molar-refractivity contribution >= 4 is 16.0 Å². The number of aryl methyl sites for hydroxylation is 1. The van der Waals surface area contributed by atoms with Crippen LogP contribution in [-0.2, 0) is 21.2 Å². The molecule has 1 aromatic rings. The summed E-state index contributed by atoms with van der Waals surface area (Å²) in [4.78, 5) is 10.7. The lowest BCUT2D eigenvalue weighted by Gasteiger charge is -2.06. The highest BCUT2D eigenvalue weighted by molar-refractivity contribution is 7.89. The van der Waals surface area contributed by atoms with Gasteiger partial charge in [0.1, 0.15) is 0 Å². The fourth-order valence-corrected chi connectivity index (χ4v) is 2.84. The molecule has 5 nitrogen and oxygen atoms in total. The number of carboxylic acids is 1. The van der Waals surface area contributed by atoms with Crippen LogP contribution in [0, 0.1) is 5.92 Å². The topological polar surface area (TPSA) is 83.5 Å². The monoisotopic (exact) mass is 283 g/mol. The van der Waals surface area contributed by atoms with Gasteiger partial charge in [-0.25, -0.2) is 13.1 Å². The molecule has 104 valence electrons. The van der Waals surface area contributed by atoms with E-state index in [0.29, 0.717) is 18.9 Å². The minimum Gasteiger partial charge on any atom is -0.481 e. The molecule has 1 aromatic carbocycles. The highest BCUT2D eigenvalue weighted by Crippen LogP contribution is 2.28. The van der Waals surface area contributed by atoms with E-state index >= 15 is 0 Å². The van der Waals surface area contributed by atoms with Crippen LogP contribution in [-0.4, -0.2) is 26.0 Å². The maximum Gasteiger partial charge on any atom is 0.303 e. The molecule has 0 bridgehead atoms. The van der Waals surface area contributed by atoms with Gasteiger partial charge in [-0.05, 0) is 42.9 Å². The van der Waals surface area contributed by atoms with Crippen molar-refractivity contribution in [3.05, 3.63) is 29.8 Å². The Morgan fingerprint density at radius 2 is 1.89 bits per heavy atom. The molecule has 2 rings (SSSR count). The molecule has 0 heterocycles. The molecule has 0 unspecified atom stereocenters. The van der Waals surface area contributed by atoms with Gasteiger partial charge in [-0.15, -0.1) is 0 Å². The van der Waals surface area contributed by atoms with Crippen LogP contribution in [0.4, 0.5) is 0 Å². The molecule has 0 aliphatic heterocycles. The first-order chi connectivity index (χ1) is 8.97. The number of nitrogens with one attached hydrogen (secondary N) is 1. The fourth-order valence-electron chi connectivity index (χ4n) is 1.72. The SMILES string of the molecule is O=C(O)CCc1ccc(S(=O)(=O)NCC2CC2)cc1. The van der Waals surface area contributed by atoms with Crippen LogP contribution >= 0.6 is 0 Å². The van der Waals surface area contributed by atoms with Crippen LogP contribution in [0.25, 0.3) is 0 Å². The van der Waals surface area contributed by atoms with E-state index in [2.05, 4.69) is 4.72 Å². The van der Waals surface area contributed by atoms with Crippen molar-refractivity contribution in [2.45, 2.75) is 30.6 Å². The molecule has 0 spiro atoms. The second-order valence-corrected chi connectivity index (χ2v) is 6.60. The number of rotatable bonds is 7. The lowest BCUT2D eigenvalue weighted by Crippen LogP contribution is -2.25. The van der Waals surface area contributed by atoms with Crippen molar-refractivity contribution < 1.29 is 18.3 Å². The van der Waals surface area contributed by atoms with Gasteiger partial charge in [-0.2, -0.15) is 0 Å². The molecule has 1 aliphatic carbocycles. The Bertz CT molecular complexity index is 547. The Hall–Kier alpha value is -1.40. The maximum atomic E-state index is 11.9. The Labute approximate surface area is 112 Å². The minimum atomic E-state index is -3.43. The molecular formula is C13H17NO4S. The zero-order valence-electron chi connectivity index (χ0n) is 10.5. The van der Waals surface area contributed by atoms with Crippen LogP contribution < -0.4 is 4.72 Å². The molecule has 2 N–H and O–H groups in total. The van der Waals surface area contributed by atoms with Gasteiger partial charge >= 0.3 is 5.97 Å². The number of hydrogen-bond acceptors (Lipinski definition) is 3. The van der Waals surface area contributed by atoms with Crippen molar-refractivity contribution in [3.8, 4) is 0 Å². The number of carbonyl (C=O) groups is 1.